The molecule has 0 aliphatic rings. The molecule has 0 radical (unpaired) electrons. The summed E-state index contributed by atoms with van der Waals surface area (Å²) in [6, 6.07) is 10.1. The molecule has 0 N–H and O–H groups in total. The summed E-state index contributed by atoms with van der Waals surface area (Å²) in [5.74, 6) is 0. The molecule has 0 saturated heterocycles. The predicted molar refractivity (Wildman–Crippen MR) is 58.4 cm³/mol. The summed E-state index contributed by atoms with van der Waals surface area (Å²) in [5, 5.41) is 4.23. The Morgan fingerprint density at radius 3 is 2.67 bits per heavy atom. The van der Waals surface area contributed by atoms with Gasteiger partial charge in [0.05, 0.1) is 5.52 Å². The summed E-state index contributed by atoms with van der Waals surface area (Å²) in [5.41, 5.74) is 3.47. The van der Waals surface area contributed by atoms with E-state index in [1.165, 1.54) is 11.1 Å². The number of hydrogen-bond donors (Lipinski definition) is 0. The molecule has 3 rings (SSSR count). The number of fused-ring (bicyclic) bond motifs is 1. The van der Waals surface area contributed by atoms with Crippen LogP contribution in [0.3, 0.4) is 0 Å². The number of aromatic nitrogens is 3. The van der Waals surface area contributed by atoms with Crippen molar-refractivity contribution in [2.45, 2.75) is 0 Å². The first-order valence-corrected chi connectivity index (χ1v) is 4.78. The molecule has 0 aliphatic heterocycles. The number of rotatable bonds is 1. The van der Waals surface area contributed by atoms with Crippen LogP contribution in [0.25, 0.3) is 16.6 Å². The molecule has 0 bridgehead atoms. The largest absolute Gasteiger partial charge is 0.265 e. The molecule has 3 nitrogen and oxygen atoms in total. The van der Waals surface area contributed by atoms with Crippen LogP contribution in [0, 0.1) is 0 Å². The second-order valence-corrected chi connectivity index (χ2v) is 3.32. The van der Waals surface area contributed by atoms with Gasteiger partial charge in [-0.05, 0) is 35.9 Å². The molecule has 0 atom stereocenters. The van der Waals surface area contributed by atoms with Crippen LogP contribution in [0.5, 0.6) is 0 Å². The van der Waals surface area contributed by atoms with Crippen LogP contribution in [0.4, 0.5) is 0 Å². The lowest BCUT2D eigenvalue weighted by molar-refractivity contribution is 0.941. The summed E-state index contributed by atoms with van der Waals surface area (Å²) in [4.78, 5) is 4.01. The van der Waals surface area contributed by atoms with Gasteiger partial charge in [-0.25, -0.2) is 4.52 Å². The summed E-state index contributed by atoms with van der Waals surface area (Å²) in [6.07, 6.45) is 7.35. The molecule has 0 aliphatic carbocycles. The van der Waals surface area contributed by atoms with Gasteiger partial charge in [-0.1, -0.05) is 0 Å². The first-order chi connectivity index (χ1) is 7.45. The van der Waals surface area contributed by atoms with Crippen LogP contribution in [-0.2, 0) is 0 Å². The van der Waals surface area contributed by atoms with Gasteiger partial charge in [0.15, 0.2) is 0 Å². The van der Waals surface area contributed by atoms with E-state index in [0.29, 0.717) is 0 Å². The molecule has 3 heteroatoms. The van der Waals surface area contributed by atoms with E-state index < -0.39 is 0 Å². The van der Waals surface area contributed by atoms with E-state index in [4.69, 9.17) is 0 Å². The van der Waals surface area contributed by atoms with Gasteiger partial charge < -0.3 is 0 Å². The number of hydrogen-bond acceptors (Lipinski definition) is 2. The topological polar surface area (TPSA) is 30.2 Å². The Kier molecular flexibility index (Phi) is 1.75. The minimum absolute atomic E-state index is 1.11. The highest BCUT2D eigenvalue weighted by Gasteiger charge is 2.03. The average molecular weight is 195 g/mol. The Morgan fingerprint density at radius 2 is 1.80 bits per heavy atom. The van der Waals surface area contributed by atoms with Crippen LogP contribution in [0.15, 0.2) is 55.1 Å². The number of pyridine rings is 1. The third-order valence-electron chi connectivity index (χ3n) is 2.43. The maximum atomic E-state index is 4.23. The van der Waals surface area contributed by atoms with Crippen LogP contribution >= 0.6 is 0 Å². The lowest BCUT2D eigenvalue weighted by atomic mass is 10.1. The fraction of sp³-hybridized carbons (Fsp3) is 0. The first-order valence-electron chi connectivity index (χ1n) is 4.78. The fourth-order valence-corrected chi connectivity index (χ4v) is 1.72. The van der Waals surface area contributed by atoms with Crippen molar-refractivity contribution in [2.24, 2.45) is 0 Å². The highest BCUT2D eigenvalue weighted by Crippen LogP contribution is 2.23. The van der Waals surface area contributed by atoms with Gasteiger partial charge in [0.1, 0.15) is 0 Å². The van der Waals surface area contributed by atoms with Crippen molar-refractivity contribution >= 4 is 5.52 Å². The van der Waals surface area contributed by atoms with Crippen LogP contribution < -0.4 is 0 Å². The van der Waals surface area contributed by atoms with Crippen LogP contribution in [-0.4, -0.2) is 14.6 Å². The minimum Gasteiger partial charge on any atom is -0.265 e. The normalized spacial score (nSPS) is 10.7. The maximum Gasteiger partial charge on any atom is 0.0725 e. The summed E-state index contributed by atoms with van der Waals surface area (Å²) < 4.78 is 1.87. The standard InChI is InChI=1S/C12H9N3/c1-2-12-11(5-9-15(12)14-6-1)10-3-7-13-8-4-10/h1-9H. The Bertz CT molecular complexity index is 584. The molecular weight excluding hydrogens is 186 g/mol. The van der Waals surface area contributed by atoms with E-state index in [1.807, 2.05) is 28.9 Å². The Morgan fingerprint density at radius 1 is 0.933 bits per heavy atom. The Labute approximate surface area is 87.0 Å². The maximum absolute atomic E-state index is 4.23. The predicted octanol–water partition coefficient (Wildman–Crippen LogP) is 2.40. The van der Waals surface area contributed by atoms with Crippen LogP contribution in [0.2, 0.25) is 0 Å². The van der Waals surface area contributed by atoms with Gasteiger partial charge >= 0.3 is 0 Å². The van der Waals surface area contributed by atoms with E-state index in [-0.39, 0.29) is 0 Å². The van der Waals surface area contributed by atoms with E-state index in [1.54, 1.807) is 18.6 Å². The lowest BCUT2D eigenvalue weighted by Crippen LogP contribution is -1.86. The van der Waals surface area contributed by atoms with Crippen molar-refractivity contribution in [2.75, 3.05) is 0 Å². The highest BCUT2D eigenvalue weighted by atomic mass is 15.2. The quantitative estimate of drug-likeness (QED) is 0.596. The third-order valence-corrected chi connectivity index (χ3v) is 2.43. The monoisotopic (exact) mass is 195 g/mol. The molecule has 0 amide bonds. The number of nitrogens with zero attached hydrogens (tertiary/aromatic N) is 3. The summed E-state index contributed by atoms with van der Waals surface area (Å²) in [6.45, 7) is 0. The van der Waals surface area contributed by atoms with Gasteiger partial charge in [0, 0.05) is 30.4 Å². The zero-order chi connectivity index (χ0) is 10.1. The second kappa shape index (κ2) is 3.20. The smallest absolute Gasteiger partial charge is 0.0725 e. The highest BCUT2D eigenvalue weighted by molar-refractivity contribution is 5.80. The Hall–Kier alpha value is -2.16. The Balaban J connectivity index is 2.28. The van der Waals surface area contributed by atoms with Gasteiger partial charge in [-0.3, -0.25) is 4.98 Å². The van der Waals surface area contributed by atoms with Crippen molar-refractivity contribution in [3.63, 3.8) is 0 Å². The van der Waals surface area contributed by atoms with Crippen molar-refractivity contribution in [1.29, 1.82) is 0 Å². The van der Waals surface area contributed by atoms with E-state index >= 15 is 0 Å². The average Bonchev–Trinajstić information content (AvgIpc) is 2.74. The van der Waals surface area contributed by atoms with Gasteiger partial charge in [0.25, 0.3) is 0 Å². The molecule has 3 aromatic rings. The molecule has 15 heavy (non-hydrogen) atoms. The van der Waals surface area contributed by atoms with Gasteiger partial charge in [-0.2, -0.15) is 5.10 Å². The molecule has 0 unspecified atom stereocenters. The zero-order valence-electron chi connectivity index (χ0n) is 8.04. The van der Waals surface area contributed by atoms with E-state index in [9.17, 15) is 0 Å². The third kappa shape index (κ3) is 1.29. The fourth-order valence-electron chi connectivity index (χ4n) is 1.72. The minimum atomic E-state index is 1.11. The van der Waals surface area contributed by atoms with Gasteiger partial charge in [0.2, 0.25) is 0 Å². The molecule has 0 aromatic carbocycles. The van der Waals surface area contributed by atoms with Crippen molar-refractivity contribution in [3.05, 3.63) is 55.1 Å². The molecular formula is C12H9N3. The van der Waals surface area contributed by atoms with Crippen molar-refractivity contribution in [1.82, 2.24) is 14.6 Å². The van der Waals surface area contributed by atoms with Crippen LogP contribution in [0.1, 0.15) is 0 Å². The van der Waals surface area contributed by atoms with Gasteiger partial charge in [-0.15, -0.1) is 0 Å². The van der Waals surface area contributed by atoms with E-state index in [2.05, 4.69) is 22.2 Å². The summed E-state index contributed by atoms with van der Waals surface area (Å²) in [7, 11) is 0. The summed E-state index contributed by atoms with van der Waals surface area (Å²) >= 11 is 0. The first kappa shape index (κ1) is 8.17. The lowest BCUT2D eigenvalue weighted by Gasteiger charge is -1.98. The SMILES string of the molecule is c1cnn2ccc(-c3ccncc3)c2c1. The molecule has 3 aromatic heterocycles. The molecule has 0 fully saturated rings. The zero-order valence-corrected chi connectivity index (χ0v) is 8.04. The van der Waals surface area contributed by atoms with Crippen molar-refractivity contribution < 1.29 is 0 Å². The van der Waals surface area contributed by atoms with E-state index in [0.717, 1.165) is 5.52 Å². The second-order valence-electron chi connectivity index (χ2n) is 3.32. The molecule has 0 spiro atoms. The molecule has 3 heterocycles. The molecule has 72 valence electrons. The van der Waals surface area contributed by atoms with Crippen molar-refractivity contribution in [3.8, 4) is 11.1 Å². The molecule has 0 saturated carbocycles.